The third-order valence-electron chi connectivity index (χ3n) is 6.16. The van der Waals surface area contributed by atoms with Crippen molar-refractivity contribution in [1.29, 1.82) is 0 Å². The highest BCUT2D eigenvalue weighted by molar-refractivity contribution is 5.94. The second kappa shape index (κ2) is 15.6. The summed E-state index contributed by atoms with van der Waals surface area (Å²) in [5.41, 5.74) is 11.9. The van der Waals surface area contributed by atoms with Gasteiger partial charge in [-0.2, -0.15) is 0 Å². The molecule has 0 radical (unpaired) electrons. The number of hydrogen-bond donors (Lipinski definition) is 7. The molecule has 12 nitrogen and oxygen atoms in total. The number of nitrogens with two attached hydrogens (primary N) is 2. The SMILES string of the molecule is CCC(C)C(NC(=O)C(CCC(N)=O)NC(=O)C(N)Cc1ccc(O)cc1)C(=O)NC(CC(C)C)C(=O)O. The quantitative estimate of drug-likeness (QED) is 0.154. The van der Waals surface area contributed by atoms with Gasteiger partial charge in [0.1, 0.15) is 23.9 Å². The van der Waals surface area contributed by atoms with Crippen molar-refractivity contribution >= 4 is 29.6 Å². The van der Waals surface area contributed by atoms with Gasteiger partial charge in [0.2, 0.25) is 23.6 Å². The Balaban J connectivity index is 3.03. The first kappa shape index (κ1) is 32.4. The second-order valence-corrected chi connectivity index (χ2v) is 9.94. The Hall–Kier alpha value is -3.67. The summed E-state index contributed by atoms with van der Waals surface area (Å²) in [6, 6.07) is 1.67. The van der Waals surface area contributed by atoms with Crippen LogP contribution in [0.2, 0.25) is 0 Å². The molecule has 4 amide bonds. The zero-order valence-corrected chi connectivity index (χ0v) is 22.4. The number of nitrogens with one attached hydrogen (secondary N) is 3. The van der Waals surface area contributed by atoms with Gasteiger partial charge >= 0.3 is 5.97 Å². The molecule has 0 aliphatic heterocycles. The average molecular weight is 536 g/mol. The van der Waals surface area contributed by atoms with Crippen molar-refractivity contribution in [3.63, 3.8) is 0 Å². The number of primary amides is 1. The number of amides is 4. The van der Waals surface area contributed by atoms with E-state index in [0.29, 0.717) is 12.0 Å². The normalized spacial score (nSPS) is 15.0. The number of carbonyl (C=O) groups excluding carboxylic acids is 4. The fourth-order valence-corrected chi connectivity index (χ4v) is 3.72. The van der Waals surface area contributed by atoms with Gasteiger partial charge in [-0.05, 0) is 48.8 Å². The molecule has 0 aromatic heterocycles. The Kier molecular flexibility index (Phi) is 13.2. The van der Waals surface area contributed by atoms with Crippen molar-refractivity contribution in [2.45, 2.75) is 84.0 Å². The lowest BCUT2D eigenvalue weighted by atomic mass is 9.96. The van der Waals surface area contributed by atoms with Crippen LogP contribution in [0.3, 0.4) is 0 Å². The Morgan fingerprint density at radius 2 is 1.47 bits per heavy atom. The molecule has 5 atom stereocenters. The predicted octanol–water partition coefficient (Wildman–Crippen LogP) is 0.159. The highest BCUT2D eigenvalue weighted by Gasteiger charge is 2.33. The van der Waals surface area contributed by atoms with Gasteiger partial charge in [-0.25, -0.2) is 4.79 Å². The Bertz CT molecular complexity index is 967. The molecule has 212 valence electrons. The number of phenols is 1. The van der Waals surface area contributed by atoms with E-state index in [1.807, 2.05) is 20.8 Å². The molecular formula is C26H41N5O7. The fourth-order valence-electron chi connectivity index (χ4n) is 3.72. The molecule has 0 aliphatic carbocycles. The fraction of sp³-hybridized carbons (Fsp3) is 0.577. The van der Waals surface area contributed by atoms with Crippen LogP contribution in [0.4, 0.5) is 0 Å². The summed E-state index contributed by atoms with van der Waals surface area (Å²) in [5.74, 6) is -4.21. The van der Waals surface area contributed by atoms with Gasteiger partial charge in [0, 0.05) is 6.42 Å². The van der Waals surface area contributed by atoms with E-state index in [0.717, 1.165) is 0 Å². The Morgan fingerprint density at radius 1 is 0.895 bits per heavy atom. The third-order valence-corrected chi connectivity index (χ3v) is 6.16. The zero-order chi connectivity index (χ0) is 29.0. The number of hydrogen-bond acceptors (Lipinski definition) is 7. The minimum Gasteiger partial charge on any atom is -0.508 e. The average Bonchev–Trinajstić information content (AvgIpc) is 2.84. The molecule has 1 aromatic rings. The summed E-state index contributed by atoms with van der Waals surface area (Å²) in [5, 5.41) is 26.5. The van der Waals surface area contributed by atoms with Crippen molar-refractivity contribution in [1.82, 2.24) is 16.0 Å². The summed E-state index contributed by atoms with van der Waals surface area (Å²) < 4.78 is 0. The van der Waals surface area contributed by atoms with E-state index >= 15 is 0 Å². The number of benzene rings is 1. The first-order chi connectivity index (χ1) is 17.7. The first-order valence-corrected chi connectivity index (χ1v) is 12.7. The van der Waals surface area contributed by atoms with Gasteiger partial charge in [-0.3, -0.25) is 19.2 Å². The molecule has 1 rings (SSSR count). The molecule has 0 bridgehead atoms. The van der Waals surface area contributed by atoms with Gasteiger partial charge in [0.15, 0.2) is 0 Å². The van der Waals surface area contributed by atoms with Gasteiger partial charge in [0.25, 0.3) is 0 Å². The molecule has 12 heteroatoms. The number of phenolic OH excluding ortho intramolecular Hbond substituents is 1. The van der Waals surface area contributed by atoms with E-state index in [-0.39, 0.29) is 43.3 Å². The zero-order valence-electron chi connectivity index (χ0n) is 22.4. The molecule has 1 aromatic carbocycles. The lowest BCUT2D eigenvalue weighted by Gasteiger charge is -2.28. The Labute approximate surface area is 222 Å². The van der Waals surface area contributed by atoms with Crippen molar-refractivity contribution in [2.75, 3.05) is 0 Å². The molecule has 38 heavy (non-hydrogen) atoms. The maximum absolute atomic E-state index is 13.2. The first-order valence-electron chi connectivity index (χ1n) is 12.7. The van der Waals surface area contributed by atoms with E-state index in [4.69, 9.17) is 11.5 Å². The lowest BCUT2D eigenvalue weighted by Crippen LogP contribution is -2.59. The van der Waals surface area contributed by atoms with Crippen LogP contribution in [0, 0.1) is 11.8 Å². The van der Waals surface area contributed by atoms with E-state index in [1.165, 1.54) is 12.1 Å². The van der Waals surface area contributed by atoms with E-state index < -0.39 is 53.8 Å². The molecule has 0 saturated heterocycles. The summed E-state index contributed by atoms with van der Waals surface area (Å²) in [6.45, 7) is 7.20. The number of aliphatic carboxylic acids is 1. The smallest absolute Gasteiger partial charge is 0.326 e. The molecule has 9 N–H and O–H groups in total. The van der Waals surface area contributed by atoms with Crippen molar-refractivity contribution in [3.05, 3.63) is 29.8 Å². The number of carbonyl (C=O) groups is 5. The van der Waals surface area contributed by atoms with Crippen LogP contribution >= 0.6 is 0 Å². The van der Waals surface area contributed by atoms with Crippen molar-refractivity contribution < 1.29 is 34.2 Å². The van der Waals surface area contributed by atoms with Crippen LogP contribution < -0.4 is 27.4 Å². The van der Waals surface area contributed by atoms with E-state index in [2.05, 4.69) is 16.0 Å². The van der Waals surface area contributed by atoms with E-state index in [9.17, 15) is 34.2 Å². The summed E-state index contributed by atoms with van der Waals surface area (Å²) >= 11 is 0. The van der Waals surface area contributed by atoms with Gasteiger partial charge < -0.3 is 37.6 Å². The van der Waals surface area contributed by atoms with Crippen LogP contribution in [0.15, 0.2) is 24.3 Å². The largest absolute Gasteiger partial charge is 0.508 e. The molecule has 0 aliphatic rings. The van der Waals surface area contributed by atoms with Crippen LogP contribution in [0.25, 0.3) is 0 Å². The molecule has 0 spiro atoms. The number of carboxylic acids is 1. The summed E-state index contributed by atoms with van der Waals surface area (Å²) in [7, 11) is 0. The van der Waals surface area contributed by atoms with Crippen LogP contribution in [0.5, 0.6) is 5.75 Å². The topological polar surface area (TPSA) is 214 Å². The minimum atomic E-state index is -1.22. The minimum absolute atomic E-state index is 0.00668. The van der Waals surface area contributed by atoms with Gasteiger partial charge in [-0.1, -0.05) is 46.2 Å². The number of carboxylic acid groups (broad SMARTS) is 1. The summed E-state index contributed by atoms with van der Waals surface area (Å²) in [6.07, 6.45) is 0.495. The monoisotopic (exact) mass is 535 g/mol. The number of rotatable bonds is 16. The lowest BCUT2D eigenvalue weighted by molar-refractivity contribution is -0.143. The third kappa shape index (κ3) is 11.2. The summed E-state index contributed by atoms with van der Waals surface area (Å²) in [4.78, 5) is 62.0. The number of aromatic hydroxyl groups is 1. The maximum atomic E-state index is 13.2. The van der Waals surface area contributed by atoms with Gasteiger partial charge in [0.05, 0.1) is 6.04 Å². The van der Waals surface area contributed by atoms with Crippen LogP contribution in [-0.2, 0) is 30.4 Å². The van der Waals surface area contributed by atoms with Crippen LogP contribution in [0.1, 0.15) is 58.9 Å². The van der Waals surface area contributed by atoms with Crippen molar-refractivity contribution in [2.24, 2.45) is 23.3 Å². The Morgan fingerprint density at radius 3 is 1.97 bits per heavy atom. The van der Waals surface area contributed by atoms with Crippen molar-refractivity contribution in [3.8, 4) is 5.75 Å². The highest BCUT2D eigenvalue weighted by atomic mass is 16.4. The maximum Gasteiger partial charge on any atom is 0.326 e. The second-order valence-electron chi connectivity index (χ2n) is 9.94. The highest BCUT2D eigenvalue weighted by Crippen LogP contribution is 2.13. The predicted molar refractivity (Wildman–Crippen MR) is 141 cm³/mol. The molecule has 5 unspecified atom stereocenters. The molecular weight excluding hydrogens is 494 g/mol. The molecule has 0 heterocycles. The molecule has 0 saturated carbocycles. The van der Waals surface area contributed by atoms with Gasteiger partial charge in [-0.15, -0.1) is 0 Å². The standard InChI is InChI=1S/C26H41N5O7/c1-5-15(4)22(25(36)30-20(26(37)38)12-14(2)3)31-24(35)19(10-11-21(28)33)29-23(34)18(27)13-16-6-8-17(32)9-7-16/h6-9,14-15,18-20,22,32H,5,10-13,27H2,1-4H3,(H2,28,33)(H,29,34)(H,30,36)(H,31,35)(H,37,38). The van der Waals surface area contributed by atoms with E-state index in [1.54, 1.807) is 19.1 Å². The van der Waals surface area contributed by atoms with Crippen LogP contribution in [-0.4, -0.2) is 64.0 Å². The molecule has 0 fully saturated rings.